The van der Waals surface area contributed by atoms with Crippen LogP contribution < -0.4 is 4.74 Å². The molecule has 1 unspecified atom stereocenters. The Hall–Kier alpha value is -2.23. The minimum absolute atomic E-state index is 0.114. The van der Waals surface area contributed by atoms with Crippen LogP contribution in [0.25, 0.3) is 9.75 Å². The number of esters is 2. The minimum Gasteiger partial charge on any atom is -0.456 e. The molecule has 140 valence electrons. The summed E-state index contributed by atoms with van der Waals surface area (Å²) in [5.41, 5.74) is 0. The van der Waals surface area contributed by atoms with E-state index in [2.05, 4.69) is 4.98 Å². The number of fused-ring (bicyclic) bond motifs is 2. The summed E-state index contributed by atoms with van der Waals surface area (Å²) in [5, 5.41) is 2.48. The number of thiazole rings is 1. The lowest BCUT2D eigenvalue weighted by Gasteiger charge is -2.54. The molecule has 0 amide bonds. The molecule has 6 heterocycles. The summed E-state index contributed by atoms with van der Waals surface area (Å²) in [6, 6.07) is 4.01. The molecular formula is C18H16N2O5S2. The van der Waals surface area contributed by atoms with Gasteiger partial charge in [0.15, 0.2) is 6.10 Å². The van der Waals surface area contributed by atoms with Crippen LogP contribution in [0.4, 0.5) is 0 Å². The molecule has 27 heavy (non-hydrogen) atoms. The normalized spacial score (nSPS) is 28.7. The fraction of sp³-hybridized carbons (Fsp3) is 0.389. The van der Waals surface area contributed by atoms with E-state index in [1.54, 1.807) is 17.5 Å². The second-order valence-corrected chi connectivity index (χ2v) is 8.58. The molecule has 6 rings (SSSR count). The van der Waals surface area contributed by atoms with Crippen molar-refractivity contribution in [1.82, 2.24) is 9.88 Å². The smallest absolute Gasteiger partial charge is 0.359 e. The molecule has 9 heteroatoms. The van der Waals surface area contributed by atoms with E-state index in [9.17, 15) is 9.59 Å². The summed E-state index contributed by atoms with van der Waals surface area (Å²) < 4.78 is 17.4. The fourth-order valence-electron chi connectivity index (χ4n) is 3.87. The van der Waals surface area contributed by atoms with E-state index in [-0.39, 0.29) is 5.92 Å². The Balaban J connectivity index is 1.47. The Kier molecular flexibility index (Phi) is 4.03. The van der Waals surface area contributed by atoms with E-state index in [1.807, 2.05) is 22.4 Å². The molecule has 0 N–H and O–H groups in total. The lowest BCUT2D eigenvalue weighted by molar-refractivity contribution is -0.348. The average Bonchev–Trinajstić information content (AvgIpc) is 3.32. The number of rotatable bonds is 3. The molecule has 0 radical (unpaired) electrons. The van der Waals surface area contributed by atoms with E-state index < -0.39 is 24.0 Å². The lowest BCUT2D eigenvalue weighted by atomic mass is 9.82. The Labute approximate surface area is 163 Å². The van der Waals surface area contributed by atoms with Gasteiger partial charge in [-0.25, -0.2) is 19.5 Å². The van der Waals surface area contributed by atoms with Crippen molar-refractivity contribution in [3.05, 3.63) is 35.9 Å². The lowest BCUT2D eigenvalue weighted by Crippen LogP contribution is -2.71. The highest BCUT2D eigenvalue weighted by Crippen LogP contribution is 2.45. The van der Waals surface area contributed by atoms with E-state index in [0.29, 0.717) is 18.3 Å². The maximum absolute atomic E-state index is 12.1. The molecular weight excluding hydrogens is 388 g/mol. The van der Waals surface area contributed by atoms with Crippen molar-refractivity contribution >= 4 is 34.6 Å². The predicted molar refractivity (Wildman–Crippen MR) is 98.2 cm³/mol. The summed E-state index contributed by atoms with van der Waals surface area (Å²) >= 11 is 3.06. The zero-order chi connectivity index (χ0) is 18.4. The number of hydrogen-bond donors (Lipinski definition) is 0. The summed E-state index contributed by atoms with van der Waals surface area (Å²) in [4.78, 5) is 32.6. The van der Waals surface area contributed by atoms with Crippen molar-refractivity contribution in [1.29, 1.82) is 0 Å². The van der Waals surface area contributed by atoms with Crippen LogP contribution in [0, 0.1) is 5.92 Å². The van der Waals surface area contributed by atoms with Gasteiger partial charge in [-0.1, -0.05) is 17.4 Å². The van der Waals surface area contributed by atoms with Gasteiger partial charge in [0, 0.05) is 36.0 Å². The molecule has 3 fully saturated rings. The zero-order valence-corrected chi connectivity index (χ0v) is 15.8. The number of carbonyl (C=O) groups excluding carboxylic acids is 2. The third-order valence-electron chi connectivity index (χ3n) is 5.09. The van der Waals surface area contributed by atoms with Crippen LogP contribution in [0.1, 0.15) is 12.8 Å². The number of thiophene rings is 1. The van der Waals surface area contributed by atoms with Crippen LogP contribution >= 0.6 is 22.7 Å². The number of carbonyl (C=O) groups is 2. The van der Waals surface area contributed by atoms with Gasteiger partial charge >= 0.3 is 17.8 Å². The first kappa shape index (κ1) is 16.9. The van der Waals surface area contributed by atoms with Gasteiger partial charge in [-0.3, -0.25) is 0 Å². The second kappa shape index (κ2) is 6.43. The average molecular weight is 404 g/mol. The van der Waals surface area contributed by atoms with Gasteiger partial charge in [0.1, 0.15) is 0 Å². The number of piperidine rings is 3. The van der Waals surface area contributed by atoms with Crippen molar-refractivity contribution < 1.29 is 23.8 Å². The van der Waals surface area contributed by atoms with Gasteiger partial charge < -0.3 is 14.2 Å². The fourth-order valence-corrected chi connectivity index (χ4v) is 5.49. The first-order chi connectivity index (χ1) is 13.1. The van der Waals surface area contributed by atoms with Crippen LogP contribution in [-0.2, 0) is 19.1 Å². The Morgan fingerprint density at radius 2 is 1.89 bits per heavy atom. The van der Waals surface area contributed by atoms with Crippen LogP contribution in [0.2, 0.25) is 0 Å². The molecule has 7 nitrogen and oxygen atoms in total. The van der Waals surface area contributed by atoms with Gasteiger partial charge in [-0.15, -0.1) is 11.3 Å². The number of aromatic nitrogens is 1. The molecule has 1 atom stereocenters. The van der Waals surface area contributed by atoms with Crippen LogP contribution in [0.3, 0.4) is 0 Å². The van der Waals surface area contributed by atoms with Crippen molar-refractivity contribution in [3.8, 4) is 14.9 Å². The molecule has 1 spiro atoms. The highest BCUT2D eigenvalue weighted by molar-refractivity contribution is 7.22. The molecule has 2 aromatic heterocycles. The molecule has 2 aromatic rings. The zero-order valence-electron chi connectivity index (χ0n) is 14.2. The first-order valence-electron chi connectivity index (χ1n) is 8.69. The van der Waals surface area contributed by atoms with Crippen molar-refractivity contribution in [2.24, 2.45) is 5.92 Å². The third-order valence-corrected chi connectivity index (χ3v) is 7.05. The van der Waals surface area contributed by atoms with E-state index in [1.165, 1.54) is 11.3 Å². The van der Waals surface area contributed by atoms with Gasteiger partial charge in [0.25, 0.3) is 5.19 Å². The SMILES string of the molecule is O=C1C=CC(=O)OC2(O1)C(Oc1ncc(-c3cccs3)s1)C1CCN2CC1. The van der Waals surface area contributed by atoms with E-state index in [0.717, 1.165) is 34.7 Å². The van der Waals surface area contributed by atoms with Crippen LogP contribution in [-0.4, -0.2) is 46.9 Å². The topological polar surface area (TPSA) is 78.0 Å². The van der Waals surface area contributed by atoms with Crippen LogP contribution in [0.15, 0.2) is 35.9 Å². The molecule has 0 saturated carbocycles. The quantitative estimate of drug-likeness (QED) is 0.728. The van der Waals surface area contributed by atoms with Crippen molar-refractivity contribution in [2.45, 2.75) is 24.9 Å². The number of nitrogens with zero attached hydrogens (tertiary/aromatic N) is 2. The monoisotopic (exact) mass is 404 g/mol. The predicted octanol–water partition coefficient (Wildman–Crippen LogP) is 2.65. The largest absolute Gasteiger partial charge is 0.456 e. The maximum Gasteiger partial charge on any atom is 0.359 e. The maximum atomic E-state index is 12.1. The van der Waals surface area contributed by atoms with Crippen LogP contribution in [0.5, 0.6) is 5.19 Å². The molecule has 4 aliphatic rings. The van der Waals surface area contributed by atoms with Gasteiger partial charge in [0.05, 0.1) is 11.1 Å². The first-order valence-corrected chi connectivity index (χ1v) is 10.4. The molecule has 0 aromatic carbocycles. The summed E-state index contributed by atoms with van der Waals surface area (Å²) in [6.07, 6.45) is 5.11. The summed E-state index contributed by atoms with van der Waals surface area (Å²) in [5.74, 6) is -2.64. The Morgan fingerprint density at radius 1 is 1.15 bits per heavy atom. The number of ether oxygens (including phenoxy) is 3. The van der Waals surface area contributed by atoms with Gasteiger partial charge in [-0.05, 0) is 24.3 Å². The Bertz CT molecular complexity index is 879. The molecule has 3 saturated heterocycles. The highest BCUT2D eigenvalue weighted by Gasteiger charge is 2.62. The van der Waals surface area contributed by atoms with E-state index in [4.69, 9.17) is 14.2 Å². The second-order valence-electron chi connectivity index (χ2n) is 6.64. The summed E-state index contributed by atoms with van der Waals surface area (Å²) in [6.45, 7) is 1.37. The minimum atomic E-state index is -1.53. The third kappa shape index (κ3) is 2.86. The molecule has 4 aliphatic heterocycles. The molecule has 0 aliphatic carbocycles. The van der Waals surface area contributed by atoms with Crippen molar-refractivity contribution in [3.63, 3.8) is 0 Å². The Morgan fingerprint density at radius 3 is 2.56 bits per heavy atom. The summed E-state index contributed by atoms with van der Waals surface area (Å²) in [7, 11) is 0. The van der Waals surface area contributed by atoms with Crippen molar-refractivity contribution in [2.75, 3.05) is 13.1 Å². The number of hydrogen-bond acceptors (Lipinski definition) is 9. The standard InChI is InChI=1S/C18H16N2O5S2/c21-14-3-4-15(22)25-18(24-14)16(11-5-7-20(18)8-6-11)23-17-19-10-13(27-17)12-2-1-9-26-12/h1-4,9-11,16H,5-8H2. The molecule has 2 bridgehead atoms. The highest BCUT2D eigenvalue weighted by atomic mass is 32.1. The van der Waals surface area contributed by atoms with E-state index >= 15 is 0 Å². The van der Waals surface area contributed by atoms with Gasteiger partial charge in [-0.2, -0.15) is 0 Å². The van der Waals surface area contributed by atoms with Gasteiger partial charge in [0.2, 0.25) is 0 Å².